The number of nitrogens with one attached hydrogen (secondary N) is 2. The van der Waals surface area contributed by atoms with E-state index in [0.29, 0.717) is 40.7 Å². The molecule has 49 heavy (non-hydrogen) atoms. The van der Waals surface area contributed by atoms with E-state index in [1.807, 2.05) is 13.8 Å². The predicted octanol–water partition coefficient (Wildman–Crippen LogP) is 6.30. The van der Waals surface area contributed by atoms with Crippen molar-refractivity contribution in [2.24, 2.45) is 5.92 Å². The van der Waals surface area contributed by atoms with Gasteiger partial charge in [-0.1, -0.05) is 31.2 Å². The van der Waals surface area contributed by atoms with Crippen molar-refractivity contribution in [3.8, 4) is 5.75 Å². The lowest BCUT2D eigenvalue weighted by atomic mass is 10.0. The molecule has 262 valence electrons. The number of carbonyl (C=O) groups is 3. The van der Waals surface area contributed by atoms with E-state index in [4.69, 9.17) is 4.74 Å². The molecule has 0 saturated carbocycles. The second-order valence-electron chi connectivity index (χ2n) is 11.7. The standard InChI is InChI=1S/C35H39F3N4O6S/c1-6-41(7-2)34(45)42-21-27(28-17-25(14-15-29(28)42)32(43)39-20-22(3)19-35(36,37)38)16-24-12-13-26(18-30(24)48-5)33(44)40-49(46,47)31-11-9-8-10-23(31)4/h8-15,17-18,21-22H,6-7,16,19-20H2,1-5H3,(H,39,43)(H,40,44). The SMILES string of the molecule is CCN(CC)C(=O)n1cc(Cc2ccc(C(=O)NS(=O)(=O)c3ccccc3C)cc2OC)c2cc(C(=O)NCC(C)CC(F)(F)F)ccc21. The van der Waals surface area contributed by atoms with Crippen LogP contribution in [0, 0.1) is 12.8 Å². The highest BCUT2D eigenvalue weighted by molar-refractivity contribution is 7.90. The molecule has 0 radical (unpaired) electrons. The summed E-state index contributed by atoms with van der Waals surface area (Å²) in [4.78, 5) is 41.1. The summed E-state index contributed by atoms with van der Waals surface area (Å²) in [5.41, 5.74) is 2.47. The molecule has 0 aliphatic rings. The van der Waals surface area contributed by atoms with E-state index in [9.17, 15) is 36.0 Å². The average Bonchev–Trinajstić information content (AvgIpc) is 3.40. The van der Waals surface area contributed by atoms with Gasteiger partial charge in [0, 0.05) is 55.2 Å². The first kappa shape index (κ1) is 37.0. The van der Waals surface area contributed by atoms with Crippen LogP contribution in [0.5, 0.6) is 5.75 Å². The number of hydrogen-bond donors (Lipinski definition) is 2. The number of hydrogen-bond acceptors (Lipinski definition) is 6. The molecule has 0 aliphatic heterocycles. The Morgan fingerprint density at radius 2 is 1.59 bits per heavy atom. The van der Waals surface area contributed by atoms with Gasteiger partial charge in [0.05, 0.1) is 17.5 Å². The second kappa shape index (κ2) is 15.1. The van der Waals surface area contributed by atoms with Crippen molar-refractivity contribution in [3.63, 3.8) is 0 Å². The van der Waals surface area contributed by atoms with Gasteiger partial charge in [-0.2, -0.15) is 13.2 Å². The Kier molecular flexibility index (Phi) is 11.4. The maximum Gasteiger partial charge on any atom is 0.389 e. The number of methoxy groups -OCH3 is 1. The fraction of sp³-hybridized carbons (Fsp3) is 0.343. The van der Waals surface area contributed by atoms with Crippen LogP contribution >= 0.6 is 0 Å². The van der Waals surface area contributed by atoms with Crippen molar-refractivity contribution in [1.82, 2.24) is 19.5 Å². The topological polar surface area (TPSA) is 127 Å². The molecule has 4 rings (SSSR count). The van der Waals surface area contributed by atoms with Gasteiger partial charge >= 0.3 is 12.2 Å². The number of benzene rings is 3. The van der Waals surface area contributed by atoms with Gasteiger partial charge in [0.1, 0.15) is 5.75 Å². The third kappa shape index (κ3) is 8.79. The highest BCUT2D eigenvalue weighted by Crippen LogP contribution is 2.30. The summed E-state index contributed by atoms with van der Waals surface area (Å²) in [6.45, 7) is 7.47. The highest BCUT2D eigenvalue weighted by atomic mass is 32.2. The van der Waals surface area contributed by atoms with Crippen molar-refractivity contribution in [1.29, 1.82) is 0 Å². The van der Waals surface area contributed by atoms with Gasteiger partial charge < -0.3 is 15.0 Å². The van der Waals surface area contributed by atoms with Gasteiger partial charge in [0.2, 0.25) is 0 Å². The highest BCUT2D eigenvalue weighted by Gasteiger charge is 2.30. The Morgan fingerprint density at radius 3 is 2.22 bits per heavy atom. The lowest BCUT2D eigenvalue weighted by Crippen LogP contribution is -2.33. The number of nitrogens with zero attached hydrogens (tertiary/aromatic N) is 2. The number of aryl methyl sites for hydroxylation is 1. The van der Waals surface area contributed by atoms with E-state index in [0.717, 1.165) is 0 Å². The normalized spacial score (nSPS) is 12.4. The fourth-order valence-corrected chi connectivity index (χ4v) is 6.77. The Balaban J connectivity index is 1.67. The maximum atomic E-state index is 13.5. The molecule has 10 nitrogen and oxygen atoms in total. The van der Waals surface area contributed by atoms with Gasteiger partial charge in [-0.15, -0.1) is 0 Å². The summed E-state index contributed by atoms with van der Waals surface area (Å²) in [5.74, 6) is -1.95. The van der Waals surface area contributed by atoms with E-state index >= 15 is 0 Å². The summed E-state index contributed by atoms with van der Waals surface area (Å²) >= 11 is 0. The van der Waals surface area contributed by atoms with Crippen LogP contribution < -0.4 is 14.8 Å². The summed E-state index contributed by atoms with van der Waals surface area (Å²) in [5, 5.41) is 3.12. The Bertz CT molecular complexity index is 1970. The molecule has 1 aromatic heterocycles. The molecule has 3 aromatic carbocycles. The van der Waals surface area contributed by atoms with Gasteiger partial charge in [0.15, 0.2) is 0 Å². The summed E-state index contributed by atoms with van der Waals surface area (Å²) in [7, 11) is -2.75. The zero-order valence-electron chi connectivity index (χ0n) is 27.8. The molecule has 0 fully saturated rings. The van der Waals surface area contributed by atoms with E-state index in [1.165, 1.54) is 42.9 Å². The lowest BCUT2D eigenvalue weighted by Gasteiger charge is -2.19. The Morgan fingerprint density at radius 1 is 0.939 bits per heavy atom. The van der Waals surface area contributed by atoms with Crippen LogP contribution in [0.1, 0.15) is 64.6 Å². The molecule has 3 amide bonds. The van der Waals surface area contributed by atoms with Gasteiger partial charge in [-0.25, -0.2) is 17.9 Å². The molecule has 0 aliphatic carbocycles. The van der Waals surface area contributed by atoms with Crippen molar-refractivity contribution >= 4 is 38.8 Å². The van der Waals surface area contributed by atoms with Crippen LogP contribution in [-0.2, 0) is 16.4 Å². The molecule has 2 N–H and O–H groups in total. The third-order valence-electron chi connectivity index (χ3n) is 8.12. The van der Waals surface area contributed by atoms with Gasteiger partial charge in [-0.05, 0) is 79.8 Å². The van der Waals surface area contributed by atoms with Crippen molar-refractivity contribution in [2.75, 3.05) is 26.7 Å². The first-order valence-corrected chi connectivity index (χ1v) is 17.1. The number of sulfonamides is 1. The van der Waals surface area contributed by atoms with E-state index < -0.39 is 40.4 Å². The fourth-order valence-electron chi connectivity index (χ4n) is 5.55. The van der Waals surface area contributed by atoms with Crippen molar-refractivity contribution in [3.05, 3.63) is 94.7 Å². The molecule has 4 aromatic rings. The molecule has 0 bridgehead atoms. The van der Waals surface area contributed by atoms with E-state index in [1.54, 1.807) is 54.4 Å². The molecular formula is C35H39F3N4O6S. The monoisotopic (exact) mass is 700 g/mol. The molecule has 1 unspecified atom stereocenters. The average molecular weight is 701 g/mol. The van der Waals surface area contributed by atoms with Crippen LogP contribution in [0.3, 0.4) is 0 Å². The summed E-state index contributed by atoms with van der Waals surface area (Å²) in [6.07, 6.45) is -3.53. The molecular weight excluding hydrogens is 661 g/mol. The van der Waals surface area contributed by atoms with E-state index in [-0.39, 0.29) is 40.8 Å². The quantitative estimate of drug-likeness (QED) is 0.179. The lowest BCUT2D eigenvalue weighted by molar-refractivity contribution is -0.142. The van der Waals surface area contributed by atoms with Crippen LogP contribution in [0.15, 0.2) is 71.8 Å². The zero-order chi connectivity index (χ0) is 36.1. The van der Waals surface area contributed by atoms with Crippen molar-refractivity contribution in [2.45, 2.75) is 51.6 Å². The largest absolute Gasteiger partial charge is 0.496 e. The van der Waals surface area contributed by atoms with Gasteiger partial charge in [0.25, 0.3) is 21.8 Å². The number of aromatic nitrogens is 1. The predicted molar refractivity (Wildman–Crippen MR) is 179 cm³/mol. The third-order valence-corrected chi connectivity index (χ3v) is 9.61. The number of fused-ring (bicyclic) bond motifs is 1. The molecule has 0 spiro atoms. The number of carbonyl (C=O) groups excluding carboxylic acids is 3. The minimum absolute atomic E-state index is 0.0218. The number of halogens is 3. The number of rotatable bonds is 12. The first-order valence-electron chi connectivity index (χ1n) is 15.7. The second-order valence-corrected chi connectivity index (χ2v) is 13.4. The number of alkyl halides is 3. The van der Waals surface area contributed by atoms with Crippen LogP contribution in [0.4, 0.5) is 18.0 Å². The van der Waals surface area contributed by atoms with Crippen LogP contribution in [0.2, 0.25) is 0 Å². The molecule has 1 atom stereocenters. The Hall–Kier alpha value is -4.85. The van der Waals surface area contributed by atoms with Crippen molar-refractivity contribution < 1.29 is 40.7 Å². The first-order chi connectivity index (χ1) is 23.1. The summed E-state index contributed by atoms with van der Waals surface area (Å²) in [6, 6.07) is 15.2. The smallest absolute Gasteiger partial charge is 0.389 e. The minimum atomic E-state index is -4.35. The minimum Gasteiger partial charge on any atom is -0.496 e. The van der Waals surface area contributed by atoms with Gasteiger partial charge in [-0.3, -0.25) is 14.2 Å². The molecule has 1 heterocycles. The summed E-state index contributed by atoms with van der Waals surface area (Å²) < 4.78 is 73.3. The maximum absolute atomic E-state index is 13.5. The van der Waals surface area contributed by atoms with Crippen LogP contribution in [0.25, 0.3) is 10.9 Å². The van der Waals surface area contributed by atoms with Crippen LogP contribution in [-0.4, -0.2) is 68.7 Å². The molecule has 14 heteroatoms. The Labute approximate surface area is 283 Å². The van der Waals surface area contributed by atoms with E-state index in [2.05, 4.69) is 10.0 Å². The number of amides is 3. The number of ether oxygens (including phenoxy) is 1. The molecule has 0 saturated heterocycles. The zero-order valence-corrected chi connectivity index (χ0v) is 28.7.